The smallest absolute Gasteiger partial charge is 0.128 e. The number of anilines is 1. The van der Waals surface area contributed by atoms with Crippen LogP contribution in [0.5, 0.6) is 5.75 Å². The Morgan fingerprint density at radius 2 is 2.13 bits per heavy atom. The second-order valence-electron chi connectivity index (χ2n) is 2.91. The lowest BCUT2D eigenvalue weighted by Crippen LogP contribution is -1.88. The molecule has 0 spiro atoms. The Kier molecular flexibility index (Phi) is 2.79. The van der Waals surface area contributed by atoms with Crippen molar-refractivity contribution in [2.75, 3.05) is 12.8 Å². The number of ether oxygens (including phenoxy) is 1. The summed E-state index contributed by atoms with van der Waals surface area (Å²) < 4.78 is 9.43. The molecule has 5 heteroatoms. The van der Waals surface area contributed by atoms with Crippen LogP contribution in [0.3, 0.4) is 0 Å². The second-order valence-corrected chi connectivity index (χ2v) is 4.09. The Morgan fingerprint density at radius 3 is 2.73 bits per heavy atom. The third-order valence-corrected chi connectivity index (χ3v) is 3.19. The van der Waals surface area contributed by atoms with Crippen LogP contribution in [-0.4, -0.2) is 11.5 Å². The molecule has 3 nitrogen and oxygen atoms in total. The molecule has 78 valence electrons. The highest BCUT2D eigenvalue weighted by atomic mass is 35.5. The van der Waals surface area contributed by atoms with E-state index in [2.05, 4.69) is 4.37 Å². The molecule has 0 atom stereocenters. The maximum Gasteiger partial charge on any atom is 0.128 e. The van der Waals surface area contributed by atoms with Crippen molar-refractivity contribution in [1.29, 1.82) is 0 Å². The normalized spacial score (nSPS) is 10.3. The number of nitrogens with two attached hydrogens (primary N) is 1. The monoisotopic (exact) mass is 240 g/mol. The molecular weight excluding hydrogens is 232 g/mol. The van der Waals surface area contributed by atoms with Gasteiger partial charge in [0, 0.05) is 5.56 Å². The average Bonchev–Trinajstić information content (AvgIpc) is 2.60. The third-order valence-electron chi connectivity index (χ3n) is 2.02. The number of nitrogens with zero attached hydrogens (tertiary/aromatic N) is 1. The summed E-state index contributed by atoms with van der Waals surface area (Å²) in [6.45, 7) is 0. The molecule has 0 radical (unpaired) electrons. The number of benzene rings is 1. The van der Waals surface area contributed by atoms with Crippen LogP contribution in [0, 0.1) is 0 Å². The van der Waals surface area contributed by atoms with Crippen molar-refractivity contribution in [2.45, 2.75) is 0 Å². The van der Waals surface area contributed by atoms with Crippen molar-refractivity contribution in [3.8, 4) is 17.0 Å². The number of aromatic nitrogens is 1. The van der Waals surface area contributed by atoms with E-state index in [1.54, 1.807) is 7.11 Å². The summed E-state index contributed by atoms with van der Waals surface area (Å²) >= 11 is 7.22. The molecule has 0 aliphatic carbocycles. The highest BCUT2D eigenvalue weighted by Gasteiger charge is 2.14. The second kappa shape index (κ2) is 4.08. The van der Waals surface area contributed by atoms with Gasteiger partial charge >= 0.3 is 0 Å². The summed E-state index contributed by atoms with van der Waals surface area (Å²) in [6, 6.07) is 7.57. The molecule has 15 heavy (non-hydrogen) atoms. The van der Waals surface area contributed by atoms with Gasteiger partial charge in [-0.15, -0.1) is 0 Å². The fraction of sp³-hybridized carbons (Fsp3) is 0.100. The van der Waals surface area contributed by atoms with E-state index in [1.165, 1.54) is 11.5 Å². The molecule has 2 aromatic rings. The molecule has 1 aromatic carbocycles. The first kappa shape index (κ1) is 10.3. The zero-order chi connectivity index (χ0) is 10.8. The van der Waals surface area contributed by atoms with E-state index < -0.39 is 0 Å². The van der Waals surface area contributed by atoms with Crippen LogP contribution in [0.25, 0.3) is 11.3 Å². The highest BCUT2D eigenvalue weighted by Crippen LogP contribution is 2.38. The maximum atomic E-state index is 6.04. The van der Waals surface area contributed by atoms with Crippen LogP contribution in [0.1, 0.15) is 0 Å². The molecule has 2 rings (SSSR count). The van der Waals surface area contributed by atoms with Crippen LogP contribution >= 0.6 is 23.1 Å². The van der Waals surface area contributed by atoms with Crippen LogP contribution in [-0.2, 0) is 0 Å². The minimum atomic E-state index is 0.490. The number of methoxy groups -OCH3 is 1. The summed E-state index contributed by atoms with van der Waals surface area (Å²) in [4.78, 5) is 0. The van der Waals surface area contributed by atoms with E-state index in [9.17, 15) is 0 Å². The number of para-hydroxylation sites is 1. The number of rotatable bonds is 2. The zero-order valence-electron chi connectivity index (χ0n) is 8.03. The Hall–Kier alpha value is -1.26. The van der Waals surface area contributed by atoms with Gasteiger partial charge in [0.05, 0.1) is 7.11 Å². The Morgan fingerprint density at radius 1 is 1.40 bits per heavy atom. The number of hydrogen-bond acceptors (Lipinski definition) is 4. The average molecular weight is 241 g/mol. The zero-order valence-corrected chi connectivity index (χ0v) is 9.60. The Balaban J connectivity index is 2.58. The maximum absolute atomic E-state index is 6.04. The van der Waals surface area contributed by atoms with Crippen LogP contribution in [0.4, 0.5) is 5.00 Å². The van der Waals surface area contributed by atoms with E-state index >= 15 is 0 Å². The summed E-state index contributed by atoms with van der Waals surface area (Å²) in [6.07, 6.45) is 0. The summed E-state index contributed by atoms with van der Waals surface area (Å²) in [5.74, 6) is 0.740. The van der Waals surface area contributed by atoms with E-state index in [0.717, 1.165) is 11.3 Å². The number of hydrogen-bond donors (Lipinski definition) is 1. The SMILES string of the molecule is COc1ccccc1-c1nsc(N)c1Cl. The van der Waals surface area contributed by atoms with Crippen molar-refractivity contribution in [3.05, 3.63) is 29.3 Å². The molecule has 1 heterocycles. The predicted molar refractivity (Wildman–Crippen MR) is 63.5 cm³/mol. The molecule has 0 unspecified atom stereocenters. The van der Waals surface area contributed by atoms with E-state index in [1.807, 2.05) is 24.3 Å². The molecule has 0 fully saturated rings. The first-order valence-electron chi connectivity index (χ1n) is 4.28. The quantitative estimate of drug-likeness (QED) is 0.878. The van der Waals surface area contributed by atoms with Gasteiger partial charge in [-0.1, -0.05) is 23.7 Å². The van der Waals surface area contributed by atoms with E-state index in [-0.39, 0.29) is 0 Å². The molecule has 0 bridgehead atoms. The topological polar surface area (TPSA) is 48.1 Å². The van der Waals surface area contributed by atoms with Crippen molar-refractivity contribution < 1.29 is 4.74 Å². The molecule has 2 N–H and O–H groups in total. The molecule has 0 aliphatic heterocycles. The van der Waals surface area contributed by atoms with Gasteiger partial charge in [-0.3, -0.25) is 0 Å². The minimum absolute atomic E-state index is 0.490. The van der Waals surface area contributed by atoms with Gasteiger partial charge in [-0.25, -0.2) is 0 Å². The fourth-order valence-electron chi connectivity index (χ4n) is 1.30. The molecule has 0 saturated heterocycles. The lowest BCUT2D eigenvalue weighted by atomic mass is 10.1. The standard InChI is InChI=1S/C10H9ClN2OS/c1-14-7-5-3-2-4-6(7)9-8(11)10(12)15-13-9/h2-5H,12H2,1H3. The summed E-state index contributed by atoms with van der Waals surface area (Å²) in [7, 11) is 1.61. The lowest BCUT2D eigenvalue weighted by Gasteiger charge is -2.05. The van der Waals surface area contributed by atoms with Gasteiger partial charge in [0.25, 0.3) is 0 Å². The predicted octanol–water partition coefficient (Wildman–Crippen LogP) is 3.05. The molecular formula is C10H9ClN2OS. The van der Waals surface area contributed by atoms with Crippen molar-refractivity contribution in [3.63, 3.8) is 0 Å². The van der Waals surface area contributed by atoms with Crippen LogP contribution in [0.15, 0.2) is 24.3 Å². The number of nitrogen functional groups attached to an aromatic ring is 1. The van der Waals surface area contributed by atoms with Gasteiger partial charge in [-0.05, 0) is 23.7 Å². The van der Waals surface area contributed by atoms with Gasteiger partial charge in [0.15, 0.2) is 0 Å². The first-order chi connectivity index (χ1) is 7.24. The molecule has 0 aliphatic rings. The fourth-order valence-corrected chi connectivity index (χ4v) is 2.15. The summed E-state index contributed by atoms with van der Waals surface area (Å²) in [5, 5.41) is 1.02. The van der Waals surface area contributed by atoms with E-state index in [0.29, 0.717) is 15.7 Å². The minimum Gasteiger partial charge on any atom is -0.496 e. The Labute approximate surface area is 96.6 Å². The van der Waals surface area contributed by atoms with Crippen molar-refractivity contribution in [1.82, 2.24) is 4.37 Å². The molecule has 0 saturated carbocycles. The van der Waals surface area contributed by atoms with Crippen LogP contribution in [0.2, 0.25) is 5.02 Å². The van der Waals surface area contributed by atoms with Gasteiger partial charge in [0.2, 0.25) is 0 Å². The first-order valence-corrected chi connectivity index (χ1v) is 5.43. The van der Waals surface area contributed by atoms with Gasteiger partial charge in [0.1, 0.15) is 21.5 Å². The van der Waals surface area contributed by atoms with Crippen LogP contribution < -0.4 is 10.5 Å². The molecule has 0 amide bonds. The third kappa shape index (κ3) is 1.78. The molecule has 1 aromatic heterocycles. The lowest BCUT2D eigenvalue weighted by molar-refractivity contribution is 0.416. The highest BCUT2D eigenvalue weighted by molar-refractivity contribution is 7.11. The van der Waals surface area contributed by atoms with Gasteiger partial charge in [-0.2, -0.15) is 4.37 Å². The van der Waals surface area contributed by atoms with Crippen molar-refractivity contribution >= 4 is 28.1 Å². The van der Waals surface area contributed by atoms with Crippen molar-refractivity contribution in [2.24, 2.45) is 0 Å². The van der Waals surface area contributed by atoms with Gasteiger partial charge < -0.3 is 10.5 Å². The van der Waals surface area contributed by atoms with E-state index in [4.69, 9.17) is 22.1 Å². The Bertz CT molecular complexity index is 484. The summed E-state index contributed by atoms with van der Waals surface area (Å²) in [5.41, 5.74) is 7.19. The number of halogens is 1. The largest absolute Gasteiger partial charge is 0.496 e.